The van der Waals surface area contributed by atoms with Crippen molar-refractivity contribution in [1.82, 2.24) is 9.88 Å². The minimum Gasteiger partial charge on any atom is -0.396 e. The van der Waals surface area contributed by atoms with Crippen molar-refractivity contribution in [2.24, 2.45) is 0 Å². The molecule has 1 aromatic carbocycles. The van der Waals surface area contributed by atoms with Crippen LogP contribution in [0.5, 0.6) is 0 Å². The van der Waals surface area contributed by atoms with E-state index in [9.17, 15) is 9.18 Å². The minimum absolute atomic E-state index is 0.124. The molecule has 0 spiro atoms. The average molecular weight is 273 g/mol. The van der Waals surface area contributed by atoms with Crippen molar-refractivity contribution in [3.63, 3.8) is 0 Å². The molecular weight excluding hydrogens is 257 g/mol. The fraction of sp³-hybridized carbons (Fsp3) is 0.200. The van der Waals surface area contributed by atoms with E-state index in [1.54, 1.807) is 7.05 Å². The van der Waals surface area contributed by atoms with Gasteiger partial charge in [0.2, 0.25) is 0 Å². The number of aromatic nitrogens is 1. The predicted molar refractivity (Wildman–Crippen MR) is 75.6 cm³/mol. The van der Waals surface area contributed by atoms with Crippen molar-refractivity contribution in [2.75, 3.05) is 12.8 Å². The Labute approximate surface area is 117 Å². The van der Waals surface area contributed by atoms with Gasteiger partial charge in [0.15, 0.2) is 0 Å². The maximum atomic E-state index is 13.4. The molecule has 1 heterocycles. The summed E-state index contributed by atoms with van der Waals surface area (Å²) in [5, 5.41) is 0. The first-order valence-electron chi connectivity index (χ1n) is 6.21. The van der Waals surface area contributed by atoms with Gasteiger partial charge in [-0.25, -0.2) is 4.39 Å². The van der Waals surface area contributed by atoms with Crippen molar-refractivity contribution in [2.45, 2.75) is 13.5 Å². The lowest BCUT2D eigenvalue weighted by atomic mass is 10.1. The molecule has 1 amide bonds. The van der Waals surface area contributed by atoms with Gasteiger partial charge in [0, 0.05) is 12.7 Å². The first kappa shape index (κ1) is 14.0. The summed E-state index contributed by atoms with van der Waals surface area (Å²) in [6.45, 7) is 2.23. The number of pyridine rings is 1. The van der Waals surface area contributed by atoms with E-state index in [0.29, 0.717) is 6.54 Å². The molecule has 0 atom stereocenters. The van der Waals surface area contributed by atoms with E-state index in [1.807, 2.05) is 25.1 Å². The molecule has 0 aliphatic heterocycles. The van der Waals surface area contributed by atoms with E-state index in [4.69, 9.17) is 5.73 Å². The molecule has 0 fully saturated rings. The number of benzene rings is 1. The number of nitrogen functional groups attached to an aromatic ring is 1. The number of para-hydroxylation sites is 1. The summed E-state index contributed by atoms with van der Waals surface area (Å²) in [6, 6.07) is 9.82. The van der Waals surface area contributed by atoms with Crippen LogP contribution in [-0.4, -0.2) is 22.8 Å². The number of nitrogens with zero attached hydrogens (tertiary/aromatic N) is 2. The van der Waals surface area contributed by atoms with E-state index < -0.39 is 5.82 Å². The van der Waals surface area contributed by atoms with Crippen LogP contribution in [0, 0.1) is 12.7 Å². The van der Waals surface area contributed by atoms with Crippen LogP contribution in [0.1, 0.15) is 21.7 Å². The highest BCUT2D eigenvalue weighted by Gasteiger charge is 2.17. The first-order valence-corrected chi connectivity index (χ1v) is 6.21. The Hall–Kier alpha value is -2.43. The normalized spacial score (nSPS) is 10.3. The van der Waals surface area contributed by atoms with Gasteiger partial charge in [-0.15, -0.1) is 0 Å². The number of nitrogens with two attached hydrogens (primary N) is 1. The molecule has 104 valence electrons. The van der Waals surface area contributed by atoms with Crippen LogP contribution in [0.2, 0.25) is 0 Å². The number of hydrogen-bond acceptors (Lipinski definition) is 3. The number of anilines is 1. The predicted octanol–water partition coefficient (Wildman–Crippen LogP) is 2.38. The molecule has 0 unspecified atom stereocenters. The monoisotopic (exact) mass is 273 g/mol. The molecule has 0 bridgehead atoms. The largest absolute Gasteiger partial charge is 0.396 e. The molecule has 1 aromatic heterocycles. The second kappa shape index (κ2) is 5.69. The maximum Gasteiger partial charge on any atom is 0.256 e. The molecule has 0 aliphatic carbocycles. The summed E-state index contributed by atoms with van der Waals surface area (Å²) in [5.41, 5.74) is 7.30. The Morgan fingerprint density at radius 2 is 2.00 bits per heavy atom. The van der Waals surface area contributed by atoms with Crippen molar-refractivity contribution in [1.29, 1.82) is 0 Å². The van der Waals surface area contributed by atoms with Crippen LogP contribution < -0.4 is 5.73 Å². The third-order valence-electron chi connectivity index (χ3n) is 2.98. The topological polar surface area (TPSA) is 59.2 Å². The Kier molecular flexibility index (Phi) is 3.98. The summed E-state index contributed by atoms with van der Waals surface area (Å²) in [6.07, 6.45) is 0. The van der Waals surface area contributed by atoms with Gasteiger partial charge in [-0.1, -0.05) is 12.1 Å². The van der Waals surface area contributed by atoms with Crippen molar-refractivity contribution < 1.29 is 9.18 Å². The molecule has 0 aliphatic rings. The molecule has 2 N–H and O–H groups in total. The lowest BCUT2D eigenvalue weighted by Crippen LogP contribution is -2.27. The molecule has 5 heteroatoms. The van der Waals surface area contributed by atoms with Crippen LogP contribution in [-0.2, 0) is 6.54 Å². The second-order valence-corrected chi connectivity index (χ2v) is 4.63. The Bertz CT molecular complexity index is 643. The smallest absolute Gasteiger partial charge is 0.256 e. The van der Waals surface area contributed by atoms with Gasteiger partial charge in [-0.05, 0) is 31.2 Å². The van der Waals surface area contributed by atoms with Crippen LogP contribution >= 0.6 is 0 Å². The number of carbonyl (C=O) groups excluding carboxylic acids is 1. The number of carbonyl (C=O) groups is 1. The SMILES string of the molecule is Cc1cccc(CN(C)C(=O)c2cccc(F)c2N)n1. The molecule has 2 aromatic rings. The van der Waals surface area contributed by atoms with Crippen molar-refractivity contribution >= 4 is 11.6 Å². The highest BCUT2D eigenvalue weighted by molar-refractivity contribution is 5.99. The third-order valence-corrected chi connectivity index (χ3v) is 2.98. The summed E-state index contributed by atoms with van der Waals surface area (Å²) < 4.78 is 13.4. The summed E-state index contributed by atoms with van der Waals surface area (Å²) in [5.74, 6) is -0.914. The Morgan fingerprint density at radius 1 is 1.30 bits per heavy atom. The van der Waals surface area contributed by atoms with Gasteiger partial charge < -0.3 is 10.6 Å². The van der Waals surface area contributed by atoms with Gasteiger partial charge in [0.25, 0.3) is 5.91 Å². The van der Waals surface area contributed by atoms with Gasteiger partial charge in [-0.3, -0.25) is 9.78 Å². The third kappa shape index (κ3) is 2.93. The lowest BCUT2D eigenvalue weighted by molar-refractivity contribution is 0.0784. The van der Waals surface area contributed by atoms with E-state index >= 15 is 0 Å². The maximum absolute atomic E-state index is 13.4. The van der Waals surface area contributed by atoms with Gasteiger partial charge in [-0.2, -0.15) is 0 Å². The molecule has 4 nitrogen and oxygen atoms in total. The van der Waals surface area contributed by atoms with Gasteiger partial charge in [0.1, 0.15) is 5.82 Å². The molecule has 0 radical (unpaired) electrons. The van der Waals surface area contributed by atoms with Crippen LogP contribution in [0.15, 0.2) is 36.4 Å². The Balaban J connectivity index is 2.19. The van der Waals surface area contributed by atoms with Gasteiger partial charge in [0.05, 0.1) is 23.5 Å². The van der Waals surface area contributed by atoms with Crippen LogP contribution in [0.3, 0.4) is 0 Å². The van der Waals surface area contributed by atoms with E-state index in [-0.39, 0.29) is 17.2 Å². The minimum atomic E-state index is -0.585. The molecule has 2 rings (SSSR count). The number of hydrogen-bond donors (Lipinski definition) is 1. The van der Waals surface area contributed by atoms with Crippen LogP contribution in [0.4, 0.5) is 10.1 Å². The highest BCUT2D eigenvalue weighted by Crippen LogP contribution is 2.18. The molecule has 20 heavy (non-hydrogen) atoms. The lowest BCUT2D eigenvalue weighted by Gasteiger charge is -2.18. The first-order chi connectivity index (χ1) is 9.49. The zero-order valence-corrected chi connectivity index (χ0v) is 11.4. The van der Waals surface area contributed by atoms with E-state index in [0.717, 1.165) is 11.4 Å². The zero-order valence-electron chi connectivity index (χ0n) is 11.4. The number of aryl methyl sites for hydroxylation is 1. The van der Waals surface area contributed by atoms with E-state index in [2.05, 4.69) is 4.98 Å². The van der Waals surface area contributed by atoms with Crippen molar-refractivity contribution in [3.05, 3.63) is 59.2 Å². The summed E-state index contributed by atoms with van der Waals surface area (Å²) in [4.78, 5) is 18.1. The van der Waals surface area contributed by atoms with Crippen molar-refractivity contribution in [3.8, 4) is 0 Å². The second-order valence-electron chi connectivity index (χ2n) is 4.63. The number of rotatable bonds is 3. The quantitative estimate of drug-likeness (QED) is 0.873. The standard InChI is InChI=1S/C15H16FN3O/c1-10-5-3-6-11(18-10)9-19(2)15(20)12-7-4-8-13(16)14(12)17/h3-8H,9,17H2,1-2H3. The fourth-order valence-electron chi connectivity index (χ4n) is 1.93. The van der Waals surface area contributed by atoms with Crippen LogP contribution in [0.25, 0.3) is 0 Å². The number of amides is 1. The highest BCUT2D eigenvalue weighted by atomic mass is 19.1. The zero-order chi connectivity index (χ0) is 14.7. The summed E-state index contributed by atoms with van der Waals surface area (Å²) in [7, 11) is 1.64. The summed E-state index contributed by atoms with van der Waals surface area (Å²) >= 11 is 0. The molecular formula is C15H16FN3O. The fourth-order valence-corrected chi connectivity index (χ4v) is 1.93. The average Bonchev–Trinajstić information content (AvgIpc) is 2.41. The molecule has 0 saturated heterocycles. The van der Waals surface area contributed by atoms with Gasteiger partial charge >= 0.3 is 0 Å². The molecule has 0 saturated carbocycles. The Morgan fingerprint density at radius 3 is 2.70 bits per heavy atom. The van der Waals surface area contributed by atoms with E-state index in [1.165, 1.54) is 23.1 Å². The number of halogens is 1.